The van der Waals surface area contributed by atoms with Gasteiger partial charge in [0.15, 0.2) is 0 Å². The minimum atomic E-state index is -4.40. The van der Waals surface area contributed by atoms with Crippen molar-refractivity contribution in [2.75, 3.05) is 18.0 Å². The molecule has 0 radical (unpaired) electrons. The smallest absolute Gasteiger partial charge is 0.344 e. The van der Waals surface area contributed by atoms with Gasteiger partial charge in [-0.3, -0.25) is 14.6 Å². The van der Waals surface area contributed by atoms with Gasteiger partial charge in [0.1, 0.15) is 5.69 Å². The number of aromatic amines is 1. The van der Waals surface area contributed by atoms with Gasteiger partial charge in [-0.15, -0.1) is 0 Å². The summed E-state index contributed by atoms with van der Waals surface area (Å²) in [6, 6.07) is 5.56. The summed E-state index contributed by atoms with van der Waals surface area (Å²) >= 11 is 0. The van der Waals surface area contributed by atoms with E-state index in [9.17, 15) is 22.8 Å². The molecule has 2 heterocycles. The molecule has 1 aromatic carbocycles. The lowest BCUT2D eigenvalue weighted by atomic mass is 10.0. The minimum absolute atomic E-state index is 0.00760. The molecule has 1 aromatic heterocycles. The van der Waals surface area contributed by atoms with Crippen LogP contribution in [0, 0.1) is 5.92 Å². The molecule has 2 aliphatic rings. The largest absolute Gasteiger partial charge is 0.416 e. The van der Waals surface area contributed by atoms with Crippen LogP contribution in [0.15, 0.2) is 35.1 Å². The van der Waals surface area contributed by atoms with Crippen LogP contribution in [-0.4, -0.2) is 29.0 Å². The molecule has 0 spiro atoms. The first-order valence-electron chi connectivity index (χ1n) is 9.65. The number of nitrogens with zero attached hydrogens (tertiary/aromatic N) is 2. The van der Waals surface area contributed by atoms with Crippen LogP contribution in [0.2, 0.25) is 0 Å². The number of hydrogen-bond donors (Lipinski definition) is 2. The van der Waals surface area contributed by atoms with E-state index >= 15 is 0 Å². The third-order valence-electron chi connectivity index (χ3n) is 5.34. The van der Waals surface area contributed by atoms with E-state index in [0.717, 1.165) is 57.0 Å². The number of rotatable bonds is 5. The number of H-pyrrole nitrogens is 1. The summed E-state index contributed by atoms with van der Waals surface area (Å²) in [5.74, 6) is 0.0294. The second-order valence-corrected chi connectivity index (χ2v) is 7.56. The molecule has 2 N–H and O–H groups in total. The van der Waals surface area contributed by atoms with Crippen molar-refractivity contribution in [2.24, 2.45) is 5.92 Å². The molecule has 6 nitrogen and oxygen atoms in total. The summed E-state index contributed by atoms with van der Waals surface area (Å²) in [6.07, 6.45) is -0.644. The van der Waals surface area contributed by atoms with Gasteiger partial charge in [0.25, 0.3) is 11.5 Å². The Morgan fingerprint density at radius 2 is 1.83 bits per heavy atom. The Kier molecular flexibility index (Phi) is 5.06. The van der Waals surface area contributed by atoms with Crippen LogP contribution in [-0.2, 0) is 6.18 Å². The summed E-state index contributed by atoms with van der Waals surface area (Å²) in [5.41, 5.74) is -0.523. The Morgan fingerprint density at radius 1 is 1.17 bits per heavy atom. The standard InChI is InChI=1S/C20H21F3N4O2/c21-20(22,23)14-7-5-13(6-8-14)17(12-3-4-12)26-18(29)15-11-16(28)25-19(24-15)27-9-1-2-10-27/h5-8,11-12,17H,1-4,9-10H2,(H,26,29)(H,24,25,28). The Balaban J connectivity index is 1.55. The molecule has 4 rings (SSSR count). The first-order valence-corrected chi connectivity index (χ1v) is 9.65. The number of alkyl halides is 3. The summed E-state index contributed by atoms with van der Waals surface area (Å²) in [5, 5.41) is 2.86. The van der Waals surface area contributed by atoms with Crippen LogP contribution in [0.25, 0.3) is 0 Å². The Morgan fingerprint density at radius 3 is 2.41 bits per heavy atom. The number of carbonyl (C=O) groups is 1. The minimum Gasteiger partial charge on any atom is -0.344 e. The van der Waals surface area contributed by atoms with E-state index in [4.69, 9.17) is 0 Å². The number of amides is 1. The second kappa shape index (κ2) is 7.53. The van der Waals surface area contributed by atoms with Crippen molar-refractivity contribution in [1.82, 2.24) is 15.3 Å². The highest BCUT2D eigenvalue weighted by atomic mass is 19.4. The molecule has 154 valence electrons. The molecule has 1 unspecified atom stereocenters. The number of aromatic nitrogens is 2. The van der Waals surface area contributed by atoms with Crippen molar-refractivity contribution in [3.8, 4) is 0 Å². The molecular formula is C20H21F3N4O2. The molecule has 1 atom stereocenters. The number of nitrogens with one attached hydrogen (secondary N) is 2. The molecule has 2 fully saturated rings. The lowest BCUT2D eigenvalue weighted by Crippen LogP contribution is -2.33. The fraction of sp³-hybridized carbons (Fsp3) is 0.450. The zero-order chi connectivity index (χ0) is 20.6. The Hall–Kier alpha value is -2.84. The molecule has 0 bridgehead atoms. The highest BCUT2D eigenvalue weighted by Crippen LogP contribution is 2.41. The van der Waals surface area contributed by atoms with Crippen LogP contribution in [0.4, 0.5) is 19.1 Å². The lowest BCUT2D eigenvalue weighted by Gasteiger charge is -2.20. The van der Waals surface area contributed by atoms with Gasteiger partial charge in [-0.1, -0.05) is 12.1 Å². The maximum absolute atomic E-state index is 12.8. The first kappa shape index (κ1) is 19.5. The lowest BCUT2D eigenvalue weighted by molar-refractivity contribution is -0.137. The van der Waals surface area contributed by atoms with E-state index < -0.39 is 29.2 Å². The Labute approximate surface area is 165 Å². The maximum atomic E-state index is 12.8. The predicted octanol–water partition coefficient (Wildman–Crippen LogP) is 3.27. The highest BCUT2D eigenvalue weighted by molar-refractivity contribution is 5.92. The maximum Gasteiger partial charge on any atom is 0.416 e. The van der Waals surface area contributed by atoms with Crippen molar-refractivity contribution in [2.45, 2.75) is 37.9 Å². The van der Waals surface area contributed by atoms with Gasteiger partial charge in [0, 0.05) is 19.2 Å². The molecule has 1 aliphatic carbocycles. The van der Waals surface area contributed by atoms with Crippen LogP contribution < -0.4 is 15.8 Å². The van der Waals surface area contributed by atoms with Crippen LogP contribution in [0.1, 0.15) is 53.3 Å². The predicted molar refractivity (Wildman–Crippen MR) is 101 cm³/mol. The van der Waals surface area contributed by atoms with Crippen molar-refractivity contribution in [3.63, 3.8) is 0 Å². The van der Waals surface area contributed by atoms with Gasteiger partial charge in [-0.2, -0.15) is 13.2 Å². The number of benzene rings is 1. The first-order chi connectivity index (χ1) is 13.8. The number of carbonyl (C=O) groups excluding carboxylic acids is 1. The summed E-state index contributed by atoms with van der Waals surface area (Å²) in [7, 11) is 0. The fourth-order valence-corrected chi connectivity index (χ4v) is 3.64. The normalized spacial score (nSPS) is 18.0. The van der Waals surface area contributed by atoms with Gasteiger partial charge < -0.3 is 10.2 Å². The van der Waals surface area contributed by atoms with E-state index in [-0.39, 0.29) is 11.6 Å². The van der Waals surface area contributed by atoms with Gasteiger partial charge in [-0.05, 0) is 49.3 Å². The van der Waals surface area contributed by atoms with Gasteiger partial charge in [0.2, 0.25) is 5.95 Å². The average Bonchev–Trinajstić information content (AvgIpc) is 3.37. The third-order valence-corrected chi connectivity index (χ3v) is 5.34. The van der Waals surface area contributed by atoms with Crippen LogP contribution in [0.5, 0.6) is 0 Å². The second-order valence-electron chi connectivity index (χ2n) is 7.56. The van der Waals surface area contributed by atoms with E-state index in [1.165, 1.54) is 12.1 Å². The molecular weight excluding hydrogens is 385 g/mol. The van der Waals surface area contributed by atoms with E-state index in [2.05, 4.69) is 15.3 Å². The quantitative estimate of drug-likeness (QED) is 0.799. The molecule has 1 amide bonds. The summed E-state index contributed by atoms with van der Waals surface area (Å²) < 4.78 is 38.4. The van der Waals surface area contributed by atoms with Gasteiger partial charge in [0.05, 0.1) is 11.6 Å². The summed E-state index contributed by atoms with van der Waals surface area (Å²) in [6.45, 7) is 1.54. The van der Waals surface area contributed by atoms with Gasteiger partial charge in [-0.25, -0.2) is 4.98 Å². The molecule has 29 heavy (non-hydrogen) atoms. The van der Waals surface area contributed by atoms with Crippen molar-refractivity contribution >= 4 is 11.9 Å². The molecule has 9 heteroatoms. The van der Waals surface area contributed by atoms with E-state index in [0.29, 0.717) is 11.5 Å². The zero-order valence-electron chi connectivity index (χ0n) is 15.6. The monoisotopic (exact) mass is 406 g/mol. The van der Waals surface area contributed by atoms with Crippen molar-refractivity contribution in [1.29, 1.82) is 0 Å². The number of halogens is 3. The summed E-state index contributed by atoms with van der Waals surface area (Å²) in [4.78, 5) is 33.7. The fourth-order valence-electron chi connectivity index (χ4n) is 3.64. The molecule has 1 saturated carbocycles. The average molecular weight is 406 g/mol. The number of anilines is 1. The third kappa shape index (κ3) is 4.44. The van der Waals surface area contributed by atoms with E-state index in [1.807, 2.05) is 4.90 Å². The molecule has 1 aliphatic heterocycles. The van der Waals surface area contributed by atoms with Crippen LogP contribution in [0.3, 0.4) is 0 Å². The van der Waals surface area contributed by atoms with Crippen LogP contribution >= 0.6 is 0 Å². The van der Waals surface area contributed by atoms with Crippen molar-refractivity contribution in [3.05, 3.63) is 57.5 Å². The highest BCUT2D eigenvalue weighted by Gasteiger charge is 2.35. The van der Waals surface area contributed by atoms with E-state index in [1.54, 1.807) is 0 Å². The Bertz CT molecular complexity index is 945. The molecule has 1 saturated heterocycles. The molecule has 2 aromatic rings. The van der Waals surface area contributed by atoms with Crippen molar-refractivity contribution < 1.29 is 18.0 Å². The SMILES string of the molecule is O=C(NC(c1ccc(C(F)(F)F)cc1)C1CC1)c1cc(=O)[nH]c(N2CCCC2)n1. The van der Waals surface area contributed by atoms with Gasteiger partial charge >= 0.3 is 6.18 Å². The zero-order valence-corrected chi connectivity index (χ0v) is 15.6. The number of hydrogen-bond acceptors (Lipinski definition) is 4. The topological polar surface area (TPSA) is 78.1 Å².